The fourth-order valence-electron chi connectivity index (χ4n) is 1.55. The van der Waals surface area contributed by atoms with E-state index in [-0.39, 0.29) is 12.3 Å². The first kappa shape index (κ1) is 9.78. The molecule has 0 radical (unpaired) electrons. The molecule has 1 fully saturated rings. The number of hydrogen-bond acceptors (Lipinski definition) is 3. The van der Waals surface area contributed by atoms with Gasteiger partial charge < -0.3 is 9.32 Å². The Balaban J connectivity index is 2.01. The molecule has 0 atom stereocenters. The van der Waals surface area contributed by atoms with Crippen LogP contribution in [0.25, 0.3) is 0 Å². The van der Waals surface area contributed by atoms with Gasteiger partial charge in [0.15, 0.2) is 0 Å². The number of carbonyl (C=O) groups excluding carboxylic acids is 1. The van der Waals surface area contributed by atoms with Crippen LogP contribution in [0.4, 0.5) is 0 Å². The number of carbonyl (C=O) groups is 1. The molecule has 2 rings (SSSR count). The topological polar surface area (TPSA) is 57.2 Å². The molecule has 4 nitrogen and oxygen atoms in total. The molecule has 4 heteroatoms. The van der Waals surface area contributed by atoms with E-state index in [4.69, 9.17) is 9.68 Å². The van der Waals surface area contributed by atoms with Gasteiger partial charge in [0.1, 0.15) is 12.2 Å². The summed E-state index contributed by atoms with van der Waals surface area (Å²) in [7, 11) is 0. The highest BCUT2D eigenvalue weighted by atomic mass is 16.3. The number of furan rings is 1. The molecule has 0 N–H and O–H groups in total. The van der Waals surface area contributed by atoms with Crippen molar-refractivity contribution in [2.24, 2.45) is 0 Å². The van der Waals surface area contributed by atoms with E-state index in [0.29, 0.717) is 12.6 Å². The number of amides is 1. The standard InChI is InChI=1S/C11H12N2O2/c12-6-5-11(14)13(9-3-4-9)8-10-2-1-7-15-10/h1-2,7,9H,3-5,8H2. The zero-order valence-electron chi connectivity index (χ0n) is 8.35. The molecule has 0 aliphatic heterocycles. The van der Waals surface area contributed by atoms with Gasteiger partial charge in [0.05, 0.1) is 18.9 Å². The molecule has 1 saturated carbocycles. The van der Waals surface area contributed by atoms with E-state index in [2.05, 4.69) is 0 Å². The predicted octanol–water partition coefficient (Wildman–Crippen LogP) is 1.68. The van der Waals surface area contributed by atoms with Gasteiger partial charge in [0.2, 0.25) is 5.91 Å². The second kappa shape index (κ2) is 4.18. The van der Waals surface area contributed by atoms with Crippen molar-refractivity contribution >= 4 is 5.91 Å². The number of nitrogens with zero attached hydrogens (tertiary/aromatic N) is 2. The van der Waals surface area contributed by atoms with Gasteiger partial charge in [-0.3, -0.25) is 4.79 Å². The number of rotatable bonds is 4. The quantitative estimate of drug-likeness (QED) is 0.749. The summed E-state index contributed by atoms with van der Waals surface area (Å²) < 4.78 is 5.19. The maximum absolute atomic E-state index is 11.6. The van der Waals surface area contributed by atoms with E-state index in [0.717, 1.165) is 18.6 Å². The molecule has 0 saturated heterocycles. The maximum atomic E-state index is 11.6. The van der Waals surface area contributed by atoms with E-state index in [1.165, 1.54) is 0 Å². The molecule has 1 aliphatic carbocycles. The maximum Gasteiger partial charge on any atom is 0.237 e. The summed E-state index contributed by atoms with van der Waals surface area (Å²) in [6.07, 6.45) is 3.63. The lowest BCUT2D eigenvalue weighted by Gasteiger charge is -2.19. The molecule has 0 bridgehead atoms. The summed E-state index contributed by atoms with van der Waals surface area (Å²) in [4.78, 5) is 13.4. The Morgan fingerprint density at radius 2 is 2.47 bits per heavy atom. The lowest BCUT2D eigenvalue weighted by molar-refractivity contribution is -0.131. The summed E-state index contributed by atoms with van der Waals surface area (Å²) in [5.74, 6) is 0.671. The highest BCUT2D eigenvalue weighted by Crippen LogP contribution is 2.28. The van der Waals surface area contributed by atoms with Crippen LogP contribution in [0.5, 0.6) is 0 Å². The Bertz CT molecular complexity index is 374. The van der Waals surface area contributed by atoms with E-state index in [1.807, 2.05) is 12.1 Å². The fourth-order valence-corrected chi connectivity index (χ4v) is 1.55. The van der Waals surface area contributed by atoms with Crippen LogP contribution in [0, 0.1) is 11.3 Å². The van der Waals surface area contributed by atoms with E-state index in [1.54, 1.807) is 17.2 Å². The highest BCUT2D eigenvalue weighted by Gasteiger charge is 2.32. The summed E-state index contributed by atoms with van der Waals surface area (Å²) in [5.41, 5.74) is 0. The summed E-state index contributed by atoms with van der Waals surface area (Å²) in [5, 5.41) is 8.49. The van der Waals surface area contributed by atoms with Crippen molar-refractivity contribution in [2.45, 2.75) is 31.8 Å². The van der Waals surface area contributed by atoms with E-state index >= 15 is 0 Å². The van der Waals surface area contributed by atoms with Gasteiger partial charge in [-0.2, -0.15) is 5.26 Å². The molecule has 15 heavy (non-hydrogen) atoms. The first-order chi connectivity index (χ1) is 7.31. The predicted molar refractivity (Wildman–Crippen MR) is 52.5 cm³/mol. The SMILES string of the molecule is N#CCC(=O)N(Cc1ccco1)C1CC1. The molecular weight excluding hydrogens is 192 g/mol. The van der Waals surface area contributed by atoms with E-state index < -0.39 is 0 Å². The summed E-state index contributed by atoms with van der Waals surface area (Å²) >= 11 is 0. The van der Waals surface area contributed by atoms with Crippen LogP contribution in [0.3, 0.4) is 0 Å². The molecular formula is C11H12N2O2. The largest absolute Gasteiger partial charge is 0.467 e. The molecule has 1 heterocycles. The van der Waals surface area contributed by atoms with Gasteiger partial charge in [-0.25, -0.2) is 0 Å². The Kier molecular flexibility index (Phi) is 2.72. The van der Waals surface area contributed by atoms with E-state index in [9.17, 15) is 4.79 Å². The van der Waals surface area contributed by atoms with Gasteiger partial charge in [-0.15, -0.1) is 0 Å². The average Bonchev–Trinajstić information content (AvgIpc) is 2.93. The molecule has 1 aromatic rings. The molecule has 1 aliphatic rings. The fraction of sp³-hybridized carbons (Fsp3) is 0.455. The minimum absolute atomic E-state index is 0.0444. The molecule has 78 valence electrons. The van der Waals surface area contributed by atoms with Crippen LogP contribution < -0.4 is 0 Å². The highest BCUT2D eigenvalue weighted by molar-refractivity contribution is 5.78. The van der Waals surface area contributed by atoms with Crippen LogP contribution in [0.2, 0.25) is 0 Å². The van der Waals surface area contributed by atoms with Gasteiger partial charge >= 0.3 is 0 Å². The van der Waals surface area contributed by atoms with Gasteiger partial charge in [-0.05, 0) is 25.0 Å². The molecule has 1 amide bonds. The minimum atomic E-state index is -0.101. The Morgan fingerprint density at radius 3 is 3.00 bits per heavy atom. The number of hydrogen-bond donors (Lipinski definition) is 0. The van der Waals surface area contributed by atoms with Crippen LogP contribution in [-0.2, 0) is 11.3 Å². The Labute approximate surface area is 88.1 Å². The van der Waals surface area contributed by atoms with Gasteiger partial charge in [0, 0.05) is 6.04 Å². The third-order valence-corrected chi connectivity index (χ3v) is 2.44. The molecule has 0 unspecified atom stereocenters. The summed E-state index contributed by atoms with van der Waals surface area (Å²) in [6, 6.07) is 5.85. The van der Waals surface area contributed by atoms with Gasteiger partial charge in [-0.1, -0.05) is 0 Å². The lowest BCUT2D eigenvalue weighted by atomic mass is 10.3. The first-order valence-electron chi connectivity index (χ1n) is 5.00. The van der Waals surface area contributed by atoms with Crippen molar-refractivity contribution in [1.82, 2.24) is 4.90 Å². The normalized spacial score (nSPS) is 14.6. The second-order valence-electron chi connectivity index (χ2n) is 3.67. The third kappa shape index (κ3) is 2.38. The monoisotopic (exact) mass is 204 g/mol. The van der Waals surface area contributed by atoms with Crippen molar-refractivity contribution in [1.29, 1.82) is 5.26 Å². The number of nitriles is 1. The van der Waals surface area contributed by atoms with Crippen LogP contribution in [-0.4, -0.2) is 16.8 Å². The smallest absolute Gasteiger partial charge is 0.237 e. The van der Waals surface area contributed by atoms with Crippen LogP contribution >= 0.6 is 0 Å². The molecule has 1 aromatic heterocycles. The van der Waals surface area contributed by atoms with Gasteiger partial charge in [0.25, 0.3) is 0 Å². The molecule has 0 spiro atoms. The van der Waals surface area contributed by atoms with Crippen molar-refractivity contribution in [3.8, 4) is 6.07 Å². The molecule has 0 aromatic carbocycles. The zero-order chi connectivity index (χ0) is 10.7. The zero-order valence-corrected chi connectivity index (χ0v) is 8.35. The van der Waals surface area contributed by atoms with Crippen LogP contribution in [0.15, 0.2) is 22.8 Å². The van der Waals surface area contributed by atoms with Crippen molar-refractivity contribution in [3.05, 3.63) is 24.2 Å². The van der Waals surface area contributed by atoms with Crippen molar-refractivity contribution in [2.75, 3.05) is 0 Å². The Hall–Kier alpha value is -1.76. The Morgan fingerprint density at radius 1 is 1.67 bits per heavy atom. The second-order valence-corrected chi connectivity index (χ2v) is 3.67. The third-order valence-electron chi connectivity index (χ3n) is 2.44. The lowest BCUT2D eigenvalue weighted by Crippen LogP contribution is -2.31. The van der Waals surface area contributed by atoms with Crippen LogP contribution in [0.1, 0.15) is 25.0 Å². The average molecular weight is 204 g/mol. The van der Waals surface area contributed by atoms with Crippen molar-refractivity contribution in [3.63, 3.8) is 0 Å². The van der Waals surface area contributed by atoms with Crippen molar-refractivity contribution < 1.29 is 9.21 Å². The first-order valence-corrected chi connectivity index (χ1v) is 5.00. The minimum Gasteiger partial charge on any atom is -0.467 e. The summed E-state index contributed by atoms with van der Waals surface area (Å²) in [6.45, 7) is 0.484.